The number of ether oxygens (including phenoxy) is 1. The number of hydrogen-bond donors (Lipinski definition) is 1. The fourth-order valence-corrected chi connectivity index (χ4v) is 3.41. The van der Waals surface area contributed by atoms with Gasteiger partial charge in [0.2, 0.25) is 5.91 Å². The Balaban J connectivity index is 0.000000785. The van der Waals surface area contributed by atoms with Crippen LogP contribution >= 0.6 is 0 Å². The number of hydrogen-bond acceptors (Lipinski definition) is 5. The predicted molar refractivity (Wildman–Crippen MR) is 119 cm³/mol. The Labute approximate surface area is 183 Å². The van der Waals surface area contributed by atoms with E-state index in [4.69, 9.17) is 14.6 Å². The van der Waals surface area contributed by atoms with E-state index in [1.807, 2.05) is 53.2 Å². The quantitative estimate of drug-likeness (QED) is 0.795. The summed E-state index contributed by atoms with van der Waals surface area (Å²) < 4.78 is 6.94. The molecular weight excluding hydrogens is 398 g/mol. The number of carbonyl (C=O) groups is 3. The fraction of sp³-hybridized carbons (Fsp3) is 0.522. The lowest BCUT2D eigenvalue weighted by Crippen LogP contribution is -2.26. The smallest absolute Gasteiger partial charge is 0.410 e. The summed E-state index contributed by atoms with van der Waals surface area (Å²) >= 11 is 0. The maximum Gasteiger partial charge on any atom is 0.410 e. The number of benzene rings is 1. The van der Waals surface area contributed by atoms with Crippen molar-refractivity contribution in [3.05, 3.63) is 35.5 Å². The number of aliphatic carboxylic acids is 1. The number of carboxylic acids is 1. The zero-order valence-corrected chi connectivity index (χ0v) is 19.4. The predicted octanol–water partition coefficient (Wildman–Crippen LogP) is 3.65. The Morgan fingerprint density at radius 1 is 1.26 bits per heavy atom. The number of carboxylic acid groups (broad SMARTS) is 1. The highest BCUT2D eigenvalue weighted by Crippen LogP contribution is 2.32. The molecule has 0 spiro atoms. The van der Waals surface area contributed by atoms with Crippen molar-refractivity contribution < 1.29 is 24.2 Å². The lowest BCUT2D eigenvalue weighted by atomic mass is 9.95. The first-order chi connectivity index (χ1) is 14.3. The number of cyclic esters (lactones) is 1. The number of nitrogens with zero attached hydrogens (tertiary/aromatic N) is 3. The molecule has 170 valence electrons. The summed E-state index contributed by atoms with van der Waals surface area (Å²) in [6.45, 7) is 8.15. The second kappa shape index (κ2) is 9.51. The molecule has 1 N–H and O–H groups in total. The standard InChI is InChI=1S/C21H29N3O3.C2H4O2/c1-21(2,3)19(25)24-12-15(9-10-22(4)5)16-11-14(7-8-17(16)24)18-13-27-20(26)23(18)6;1-2(3)4/h7-8,11-12,18H,9-10,13H2,1-6H3;1H3,(H,3,4). The number of rotatable bonds is 4. The van der Waals surface area contributed by atoms with Gasteiger partial charge in [0.25, 0.3) is 5.97 Å². The van der Waals surface area contributed by atoms with E-state index in [1.54, 1.807) is 16.5 Å². The molecule has 1 aromatic carbocycles. The van der Waals surface area contributed by atoms with Gasteiger partial charge in [-0.1, -0.05) is 26.8 Å². The highest BCUT2D eigenvalue weighted by Gasteiger charge is 2.31. The first-order valence-corrected chi connectivity index (χ1v) is 10.3. The molecule has 1 aliphatic rings. The number of amides is 1. The Hall–Kier alpha value is -2.87. The molecule has 3 rings (SSSR count). The Kier molecular flexibility index (Phi) is 7.49. The number of carbonyl (C=O) groups excluding carboxylic acids is 2. The molecule has 1 unspecified atom stereocenters. The van der Waals surface area contributed by atoms with Gasteiger partial charge in [0.15, 0.2) is 0 Å². The van der Waals surface area contributed by atoms with Crippen molar-refractivity contribution in [3.8, 4) is 0 Å². The molecule has 0 saturated carbocycles. The van der Waals surface area contributed by atoms with E-state index in [-0.39, 0.29) is 18.0 Å². The van der Waals surface area contributed by atoms with Gasteiger partial charge >= 0.3 is 6.09 Å². The molecule has 1 atom stereocenters. The minimum atomic E-state index is -0.833. The van der Waals surface area contributed by atoms with Crippen molar-refractivity contribution >= 4 is 28.9 Å². The molecule has 1 saturated heterocycles. The molecule has 2 heterocycles. The van der Waals surface area contributed by atoms with Crippen LogP contribution in [-0.2, 0) is 16.0 Å². The highest BCUT2D eigenvalue weighted by atomic mass is 16.6. The Morgan fingerprint density at radius 2 is 1.87 bits per heavy atom. The SMILES string of the molecule is CC(=O)O.CN(C)CCc1cn(C(=O)C(C)(C)C)c2ccc(C3COC(=O)N3C)cc12. The summed E-state index contributed by atoms with van der Waals surface area (Å²) in [4.78, 5) is 37.4. The van der Waals surface area contributed by atoms with Gasteiger partial charge in [-0.2, -0.15) is 0 Å². The van der Waals surface area contributed by atoms with Crippen LogP contribution in [0.15, 0.2) is 24.4 Å². The van der Waals surface area contributed by atoms with Crippen LogP contribution in [-0.4, -0.2) is 71.7 Å². The van der Waals surface area contributed by atoms with Crippen LogP contribution in [0.1, 0.15) is 49.7 Å². The van der Waals surface area contributed by atoms with Gasteiger partial charge in [0.05, 0.1) is 11.6 Å². The molecule has 0 radical (unpaired) electrons. The van der Waals surface area contributed by atoms with Gasteiger partial charge in [-0.15, -0.1) is 0 Å². The topological polar surface area (TPSA) is 92.1 Å². The third-order valence-corrected chi connectivity index (χ3v) is 5.10. The van der Waals surface area contributed by atoms with Crippen LogP contribution < -0.4 is 0 Å². The maximum atomic E-state index is 12.9. The first-order valence-electron chi connectivity index (χ1n) is 10.3. The van der Waals surface area contributed by atoms with Gasteiger partial charge in [0.1, 0.15) is 6.61 Å². The van der Waals surface area contributed by atoms with E-state index in [9.17, 15) is 9.59 Å². The summed E-state index contributed by atoms with van der Waals surface area (Å²) in [5.74, 6) is -0.757. The van der Waals surface area contributed by atoms with E-state index in [1.165, 1.54) is 0 Å². The van der Waals surface area contributed by atoms with Crippen LogP contribution in [0.2, 0.25) is 0 Å². The lowest BCUT2D eigenvalue weighted by molar-refractivity contribution is -0.134. The molecule has 2 aromatic rings. The number of likely N-dealkylation sites (N-methyl/N-ethyl adjacent to an activating group) is 2. The van der Waals surface area contributed by atoms with E-state index >= 15 is 0 Å². The zero-order chi connectivity index (χ0) is 23.5. The molecule has 8 heteroatoms. The van der Waals surface area contributed by atoms with Gasteiger partial charge in [-0.3, -0.25) is 14.2 Å². The summed E-state index contributed by atoms with van der Waals surface area (Å²) in [6.07, 6.45) is 2.53. The number of fused-ring (bicyclic) bond motifs is 1. The summed E-state index contributed by atoms with van der Waals surface area (Å²) in [5, 5.41) is 8.49. The van der Waals surface area contributed by atoms with Crippen molar-refractivity contribution in [3.63, 3.8) is 0 Å². The third kappa shape index (κ3) is 5.85. The van der Waals surface area contributed by atoms with Crippen molar-refractivity contribution in [2.75, 3.05) is 34.3 Å². The van der Waals surface area contributed by atoms with Gasteiger partial charge in [-0.25, -0.2) is 4.79 Å². The zero-order valence-electron chi connectivity index (χ0n) is 19.4. The molecule has 0 aliphatic carbocycles. The molecule has 0 bridgehead atoms. The van der Waals surface area contributed by atoms with Crippen LogP contribution in [0.3, 0.4) is 0 Å². The molecule has 1 amide bonds. The average molecular weight is 432 g/mol. The van der Waals surface area contributed by atoms with Gasteiger partial charge < -0.3 is 19.6 Å². The second-order valence-electron chi connectivity index (χ2n) is 9.13. The summed E-state index contributed by atoms with van der Waals surface area (Å²) in [6, 6.07) is 6.00. The summed E-state index contributed by atoms with van der Waals surface area (Å²) in [5.41, 5.74) is 2.63. The van der Waals surface area contributed by atoms with E-state index in [2.05, 4.69) is 11.0 Å². The van der Waals surface area contributed by atoms with E-state index in [0.717, 1.165) is 41.9 Å². The molecule has 1 aromatic heterocycles. The first kappa shape index (κ1) is 24.4. The molecular formula is C23H33N3O5. The molecule has 8 nitrogen and oxygen atoms in total. The Morgan fingerprint density at radius 3 is 2.35 bits per heavy atom. The van der Waals surface area contributed by atoms with Crippen molar-refractivity contribution in [2.24, 2.45) is 5.41 Å². The van der Waals surface area contributed by atoms with Crippen LogP contribution in [0.4, 0.5) is 4.79 Å². The summed E-state index contributed by atoms with van der Waals surface area (Å²) in [7, 11) is 5.84. The minimum absolute atomic E-state index is 0.0767. The third-order valence-electron chi connectivity index (χ3n) is 5.10. The molecule has 31 heavy (non-hydrogen) atoms. The van der Waals surface area contributed by atoms with E-state index < -0.39 is 11.4 Å². The highest BCUT2D eigenvalue weighted by molar-refractivity contribution is 5.97. The Bertz CT molecular complexity index is 967. The maximum absolute atomic E-state index is 12.9. The second-order valence-corrected chi connectivity index (χ2v) is 9.13. The van der Waals surface area contributed by atoms with Crippen molar-refractivity contribution in [1.29, 1.82) is 0 Å². The normalized spacial score (nSPS) is 16.3. The largest absolute Gasteiger partial charge is 0.481 e. The van der Waals surface area contributed by atoms with E-state index in [0.29, 0.717) is 6.61 Å². The minimum Gasteiger partial charge on any atom is -0.481 e. The number of aromatic nitrogens is 1. The lowest BCUT2D eigenvalue weighted by Gasteiger charge is -2.19. The molecule has 1 aliphatic heterocycles. The fourth-order valence-electron chi connectivity index (χ4n) is 3.41. The van der Waals surface area contributed by atoms with Crippen LogP contribution in [0.25, 0.3) is 10.9 Å². The monoisotopic (exact) mass is 431 g/mol. The van der Waals surface area contributed by atoms with Gasteiger partial charge in [-0.05, 0) is 43.8 Å². The van der Waals surface area contributed by atoms with Gasteiger partial charge in [0, 0.05) is 37.5 Å². The van der Waals surface area contributed by atoms with Crippen molar-refractivity contribution in [1.82, 2.24) is 14.4 Å². The molecule has 1 fully saturated rings. The van der Waals surface area contributed by atoms with Crippen LogP contribution in [0.5, 0.6) is 0 Å². The average Bonchev–Trinajstić information content (AvgIpc) is 3.18. The van der Waals surface area contributed by atoms with Crippen molar-refractivity contribution in [2.45, 2.75) is 40.2 Å². The van der Waals surface area contributed by atoms with Crippen LogP contribution in [0, 0.1) is 5.41 Å².